The lowest BCUT2D eigenvalue weighted by molar-refractivity contribution is -0.203. The largest absolute Gasteiger partial charge is 0.468 e. The maximum absolute atomic E-state index is 6.17. The van der Waals surface area contributed by atoms with Crippen LogP contribution in [0.3, 0.4) is 0 Å². The third-order valence-electron chi connectivity index (χ3n) is 4.51. The van der Waals surface area contributed by atoms with Gasteiger partial charge in [-0.1, -0.05) is 18.8 Å². The molecule has 0 aromatic carbocycles. The quantitative estimate of drug-likeness (QED) is 0.714. The summed E-state index contributed by atoms with van der Waals surface area (Å²) in [7, 11) is 3.32. The fraction of sp³-hybridized carbons (Fsp3) is 0.647. The summed E-state index contributed by atoms with van der Waals surface area (Å²) in [6.07, 6.45) is 0.140. The smallest absolute Gasteiger partial charge is 0.148 e. The maximum Gasteiger partial charge on any atom is 0.148 e. The summed E-state index contributed by atoms with van der Waals surface area (Å²) in [4.78, 5) is 0. The minimum absolute atomic E-state index is 0.0582. The first kappa shape index (κ1) is 18.4. The molecule has 1 aromatic heterocycles. The molecule has 5 nitrogen and oxygen atoms in total. The van der Waals surface area contributed by atoms with Crippen molar-refractivity contribution in [2.75, 3.05) is 27.9 Å². The van der Waals surface area contributed by atoms with Crippen LogP contribution < -0.4 is 5.38 Å². The Morgan fingerprint density at radius 3 is 2.57 bits per heavy atom. The van der Waals surface area contributed by atoms with E-state index in [0.29, 0.717) is 13.0 Å². The fourth-order valence-electron chi connectivity index (χ4n) is 2.92. The molecule has 0 amide bonds. The Balaban J connectivity index is 2.21. The van der Waals surface area contributed by atoms with Crippen LogP contribution in [0.15, 0.2) is 28.8 Å². The van der Waals surface area contributed by atoms with E-state index in [2.05, 4.69) is 19.7 Å². The molecule has 1 saturated heterocycles. The minimum Gasteiger partial charge on any atom is -0.468 e. The Morgan fingerprint density at radius 1 is 1.26 bits per heavy atom. The van der Waals surface area contributed by atoms with Crippen LogP contribution in [0.25, 0.3) is 0 Å². The first-order valence-corrected chi connectivity index (χ1v) is 11.0. The van der Waals surface area contributed by atoms with Crippen LogP contribution in [-0.4, -0.2) is 54.3 Å². The lowest BCUT2D eigenvalue weighted by atomic mass is 9.96. The predicted octanol–water partition coefficient (Wildman–Crippen LogP) is 2.43. The van der Waals surface area contributed by atoms with Gasteiger partial charge in [0.1, 0.15) is 32.1 Å². The van der Waals surface area contributed by atoms with Crippen LogP contribution in [0.4, 0.5) is 0 Å². The van der Waals surface area contributed by atoms with Gasteiger partial charge in [0.25, 0.3) is 0 Å². The van der Waals surface area contributed by atoms with Crippen LogP contribution in [0.2, 0.25) is 13.1 Å². The summed E-state index contributed by atoms with van der Waals surface area (Å²) >= 11 is 0. The molecule has 0 spiro atoms. The van der Waals surface area contributed by atoms with Crippen molar-refractivity contribution in [1.29, 1.82) is 0 Å². The molecule has 1 fully saturated rings. The molecule has 2 heterocycles. The van der Waals surface area contributed by atoms with Crippen LogP contribution in [0.5, 0.6) is 0 Å². The molecule has 1 aliphatic heterocycles. The van der Waals surface area contributed by atoms with Gasteiger partial charge in [0.05, 0.1) is 18.1 Å². The highest BCUT2D eigenvalue weighted by Crippen LogP contribution is 2.34. The molecule has 0 radical (unpaired) electrons. The molecule has 6 heteroatoms. The maximum atomic E-state index is 6.17. The van der Waals surface area contributed by atoms with Gasteiger partial charge < -0.3 is 23.4 Å². The van der Waals surface area contributed by atoms with Gasteiger partial charge in [-0.3, -0.25) is 0 Å². The summed E-state index contributed by atoms with van der Waals surface area (Å²) in [5.74, 6) is 0.833. The van der Waals surface area contributed by atoms with E-state index < -0.39 is 8.07 Å². The average molecular weight is 340 g/mol. The van der Waals surface area contributed by atoms with E-state index >= 15 is 0 Å². The third kappa shape index (κ3) is 3.95. The van der Waals surface area contributed by atoms with Crippen LogP contribution >= 0.6 is 0 Å². The SMILES string of the molecule is C=C[Si](C)(C)c1ccc([C@H]2C[C@@H](OC)[C@H](OC)[C@@H](COC)O2)o1. The first-order chi connectivity index (χ1) is 11.0. The summed E-state index contributed by atoms with van der Waals surface area (Å²) < 4.78 is 28.7. The Hall–Kier alpha value is -0.923. The van der Waals surface area contributed by atoms with Gasteiger partial charge in [-0.05, 0) is 12.1 Å². The highest BCUT2D eigenvalue weighted by molar-refractivity contribution is 6.92. The zero-order chi connectivity index (χ0) is 17.0. The normalized spacial score (nSPS) is 28.7. The zero-order valence-corrected chi connectivity index (χ0v) is 15.7. The first-order valence-electron chi connectivity index (χ1n) is 7.90. The third-order valence-corrected chi connectivity index (χ3v) is 7.07. The van der Waals surface area contributed by atoms with Crippen molar-refractivity contribution in [2.24, 2.45) is 0 Å². The minimum atomic E-state index is -1.71. The Kier molecular flexibility index (Phi) is 6.22. The lowest BCUT2D eigenvalue weighted by Gasteiger charge is -2.39. The van der Waals surface area contributed by atoms with Crippen LogP contribution in [0, 0.1) is 0 Å². The van der Waals surface area contributed by atoms with Gasteiger partial charge in [-0.2, -0.15) is 0 Å². The lowest BCUT2D eigenvalue weighted by Crippen LogP contribution is -2.49. The monoisotopic (exact) mass is 340 g/mol. The van der Waals surface area contributed by atoms with Crippen molar-refractivity contribution in [3.8, 4) is 0 Å². The van der Waals surface area contributed by atoms with E-state index in [-0.39, 0.29) is 24.4 Å². The molecule has 1 aliphatic rings. The van der Waals surface area contributed by atoms with Crippen LogP contribution in [-0.2, 0) is 18.9 Å². The van der Waals surface area contributed by atoms with Crippen LogP contribution in [0.1, 0.15) is 18.3 Å². The summed E-state index contributed by atoms with van der Waals surface area (Å²) in [5, 5.41) is 1.01. The second-order valence-electron chi connectivity index (χ2n) is 6.46. The molecule has 0 N–H and O–H groups in total. The molecular formula is C17H28O5Si. The topological polar surface area (TPSA) is 50.1 Å². The highest BCUT2D eigenvalue weighted by atomic mass is 28.3. The molecule has 130 valence electrons. The number of furan rings is 1. The van der Waals surface area contributed by atoms with Crippen molar-refractivity contribution in [3.63, 3.8) is 0 Å². The van der Waals surface area contributed by atoms with E-state index in [1.54, 1.807) is 21.3 Å². The summed E-state index contributed by atoms with van der Waals surface area (Å²) in [5.41, 5.74) is 2.02. The fourth-order valence-corrected chi connectivity index (χ4v) is 4.01. The van der Waals surface area contributed by atoms with E-state index in [4.69, 9.17) is 23.4 Å². The van der Waals surface area contributed by atoms with E-state index in [1.807, 2.05) is 17.8 Å². The van der Waals surface area contributed by atoms with E-state index in [9.17, 15) is 0 Å². The average Bonchev–Trinajstić information content (AvgIpc) is 3.05. The number of ether oxygens (including phenoxy) is 4. The molecular weight excluding hydrogens is 312 g/mol. The Labute approximate surface area is 139 Å². The molecule has 2 rings (SSSR count). The van der Waals surface area contributed by atoms with Gasteiger partial charge in [0.15, 0.2) is 0 Å². The number of methoxy groups -OCH3 is 3. The number of hydrogen-bond acceptors (Lipinski definition) is 5. The zero-order valence-electron chi connectivity index (χ0n) is 14.7. The van der Waals surface area contributed by atoms with Gasteiger partial charge in [0, 0.05) is 27.8 Å². The van der Waals surface area contributed by atoms with Crippen molar-refractivity contribution in [2.45, 2.75) is 43.9 Å². The molecule has 1 aromatic rings. The molecule has 0 bridgehead atoms. The Bertz CT molecular complexity index is 513. The van der Waals surface area contributed by atoms with Gasteiger partial charge >= 0.3 is 0 Å². The van der Waals surface area contributed by atoms with E-state index in [1.165, 1.54) is 0 Å². The second kappa shape index (κ2) is 7.77. The van der Waals surface area contributed by atoms with Crippen molar-refractivity contribution in [1.82, 2.24) is 0 Å². The Morgan fingerprint density at radius 2 is 2.00 bits per heavy atom. The molecule has 0 unspecified atom stereocenters. The van der Waals surface area contributed by atoms with Crippen molar-refractivity contribution in [3.05, 3.63) is 30.2 Å². The molecule has 0 aliphatic carbocycles. The summed E-state index contributed by atoms with van der Waals surface area (Å²) in [6.45, 7) is 8.80. The van der Waals surface area contributed by atoms with Gasteiger partial charge in [-0.15, -0.1) is 6.58 Å². The predicted molar refractivity (Wildman–Crippen MR) is 91.7 cm³/mol. The number of rotatable bonds is 7. The van der Waals surface area contributed by atoms with Crippen molar-refractivity contribution < 1.29 is 23.4 Å². The molecule has 4 atom stereocenters. The van der Waals surface area contributed by atoms with E-state index in [0.717, 1.165) is 11.1 Å². The van der Waals surface area contributed by atoms with Gasteiger partial charge in [-0.25, -0.2) is 0 Å². The second-order valence-corrected chi connectivity index (χ2v) is 10.8. The summed E-state index contributed by atoms with van der Waals surface area (Å²) in [6, 6.07) is 4.05. The molecule has 23 heavy (non-hydrogen) atoms. The van der Waals surface area contributed by atoms with Gasteiger partial charge in [0.2, 0.25) is 0 Å². The molecule has 0 saturated carbocycles. The number of hydrogen-bond donors (Lipinski definition) is 0. The highest BCUT2D eigenvalue weighted by Gasteiger charge is 2.41. The van der Waals surface area contributed by atoms with Crippen molar-refractivity contribution >= 4 is 13.5 Å². The standard InChI is InChI=1S/C17H28O5Si/c1-7-23(5,6)16-9-8-12(22-16)13-10-14(19-3)17(20-4)15(21-13)11-18-2/h7-9,13-15,17H,1,10-11H2,2-6H3/t13-,14-,15-,17+/m1/s1.